The number of pyridine rings is 1. The molecule has 1 aliphatic heterocycles. The van der Waals surface area contributed by atoms with E-state index in [1.165, 1.54) is 4.90 Å². The van der Waals surface area contributed by atoms with Gasteiger partial charge in [0.15, 0.2) is 0 Å². The maximum Gasteiger partial charge on any atom is 0.416 e. The number of fused-ring (bicyclic) bond motifs is 1. The summed E-state index contributed by atoms with van der Waals surface area (Å²) in [4.78, 5) is 21.4. The zero-order chi connectivity index (χ0) is 31.5. The molecule has 0 bridgehead atoms. The van der Waals surface area contributed by atoms with E-state index in [1.807, 2.05) is 54.6 Å². The van der Waals surface area contributed by atoms with Gasteiger partial charge in [-0.1, -0.05) is 48.5 Å². The predicted octanol–water partition coefficient (Wildman–Crippen LogP) is 7.87. The van der Waals surface area contributed by atoms with E-state index in [-0.39, 0.29) is 55.9 Å². The SMILES string of the molecule is Cl.Cl.Cl.NC(CCN1CCN(C(=O)c2cc(C(F)(F)F)cc(C(F)(F)F)c2)[C@H](Cc2ccc3ccccc3c2)C1)Cc1cccnc1. The molecule has 5 rings (SSSR count). The summed E-state index contributed by atoms with van der Waals surface area (Å²) in [7, 11) is 0. The minimum Gasteiger partial charge on any atom is -0.333 e. The highest BCUT2D eigenvalue weighted by atomic mass is 35.5. The molecule has 47 heavy (non-hydrogen) atoms. The van der Waals surface area contributed by atoms with Crippen molar-refractivity contribution in [2.45, 2.75) is 43.7 Å². The number of carbonyl (C=O) groups is 1. The van der Waals surface area contributed by atoms with Crippen LogP contribution in [0.2, 0.25) is 0 Å². The molecule has 0 spiro atoms. The summed E-state index contributed by atoms with van der Waals surface area (Å²) < 4.78 is 81.4. The van der Waals surface area contributed by atoms with E-state index < -0.39 is 41.0 Å². The van der Waals surface area contributed by atoms with Crippen LogP contribution in [0.3, 0.4) is 0 Å². The molecule has 14 heteroatoms. The highest BCUT2D eigenvalue weighted by Crippen LogP contribution is 2.37. The normalized spacial score (nSPS) is 16.1. The minimum absolute atomic E-state index is 0. The maximum absolute atomic E-state index is 13.7. The van der Waals surface area contributed by atoms with Gasteiger partial charge in [-0.25, -0.2) is 0 Å². The van der Waals surface area contributed by atoms with Gasteiger partial charge >= 0.3 is 12.4 Å². The van der Waals surface area contributed by atoms with Crippen molar-refractivity contribution in [3.8, 4) is 0 Å². The summed E-state index contributed by atoms with van der Waals surface area (Å²) in [6.07, 6.45) is -4.96. The zero-order valence-corrected chi connectivity index (χ0v) is 27.5. The second-order valence-corrected chi connectivity index (χ2v) is 11.2. The molecule has 0 radical (unpaired) electrons. The average molecular weight is 724 g/mol. The largest absolute Gasteiger partial charge is 0.416 e. The number of benzene rings is 3. The van der Waals surface area contributed by atoms with Crippen molar-refractivity contribution < 1.29 is 31.1 Å². The van der Waals surface area contributed by atoms with Crippen LogP contribution in [0.1, 0.15) is 39.0 Å². The van der Waals surface area contributed by atoms with Gasteiger partial charge in [0.25, 0.3) is 5.91 Å². The number of amides is 1. The van der Waals surface area contributed by atoms with Crippen molar-refractivity contribution in [3.63, 3.8) is 0 Å². The lowest BCUT2D eigenvalue weighted by molar-refractivity contribution is -0.143. The molecule has 2 heterocycles. The highest BCUT2D eigenvalue weighted by Gasteiger charge is 2.39. The third kappa shape index (κ3) is 10.4. The average Bonchev–Trinajstić information content (AvgIpc) is 2.99. The Morgan fingerprint density at radius 3 is 2.11 bits per heavy atom. The smallest absolute Gasteiger partial charge is 0.333 e. The molecule has 2 atom stereocenters. The lowest BCUT2D eigenvalue weighted by Gasteiger charge is -2.42. The van der Waals surface area contributed by atoms with E-state index in [2.05, 4.69) is 9.88 Å². The lowest BCUT2D eigenvalue weighted by atomic mass is 9.97. The van der Waals surface area contributed by atoms with Crippen LogP contribution in [0.5, 0.6) is 0 Å². The number of hydrogen-bond donors (Lipinski definition) is 1. The first-order valence-corrected chi connectivity index (χ1v) is 14.3. The van der Waals surface area contributed by atoms with Crippen LogP contribution in [0, 0.1) is 0 Å². The van der Waals surface area contributed by atoms with E-state index >= 15 is 0 Å². The van der Waals surface area contributed by atoms with Crippen LogP contribution in [-0.4, -0.2) is 59.0 Å². The lowest BCUT2D eigenvalue weighted by Crippen LogP contribution is -2.56. The van der Waals surface area contributed by atoms with Crippen molar-refractivity contribution in [3.05, 3.63) is 113 Å². The second kappa shape index (κ2) is 16.8. The van der Waals surface area contributed by atoms with Gasteiger partial charge in [-0.05, 0) is 72.0 Å². The van der Waals surface area contributed by atoms with Crippen molar-refractivity contribution in [1.82, 2.24) is 14.8 Å². The summed E-state index contributed by atoms with van der Waals surface area (Å²) >= 11 is 0. The van der Waals surface area contributed by atoms with Gasteiger partial charge in [0.1, 0.15) is 0 Å². The number of rotatable bonds is 8. The Balaban J connectivity index is 0.00000256. The van der Waals surface area contributed by atoms with E-state index in [9.17, 15) is 31.1 Å². The Morgan fingerprint density at radius 2 is 1.49 bits per heavy atom. The number of nitrogens with zero attached hydrogens (tertiary/aromatic N) is 3. The molecule has 1 aliphatic rings. The molecule has 2 N–H and O–H groups in total. The Morgan fingerprint density at radius 1 is 0.830 bits per heavy atom. The summed E-state index contributed by atoms with van der Waals surface area (Å²) in [5.74, 6) is -0.861. The molecule has 1 unspecified atom stereocenters. The number of alkyl halides is 6. The van der Waals surface area contributed by atoms with Gasteiger partial charge in [0.05, 0.1) is 11.1 Å². The number of halogens is 9. The molecule has 0 saturated carbocycles. The number of aromatic nitrogens is 1. The van der Waals surface area contributed by atoms with Crippen LogP contribution >= 0.6 is 37.2 Å². The van der Waals surface area contributed by atoms with Crippen molar-refractivity contribution in [1.29, 1.82) is 0 Å². The Hall–Kier alpha value is -3.09. The first kappa shape index (κ1) is 40.1. The van der Waals surface area contributed by atoms with Gasteiger partial charge < -0.3 is 10.6 Å². The monoisotopic (exact) mass is 722 g/mol. The molecule has 5 nitrogen and oxygen atoms in total. The van der Waals surface area contributed by atoms with Crippen LogP contribution in [0.4, 0.5) is 26.3 Å². The van der Waals surface area contributed by atoms with Crippen LogP contribution in [-0.2, 0) is 25.2 Å². The maximum atomic E-state index is 13.7. The van der Waals surface area contributed by atoms with Crippen molar-refractivity contribution in [2.75, 3.05) is 26.2 Å². The Bertz CT molecular complexity index is 1570. The second-order valence-electron chi connectivity index (χ2n) is 11.2. The van der Waals surface area contributed by atoms with Gasteiger partial charge in [0.2, 0.25) is 0 Å². The first-order chi connectivity index (χ1) is 20.9. The molecular weight excluding hydrogens is 689 g/mol. The minimum atomic E-state index is -5.05. The number of nitrogens with two attached hydrogens (primary N) is 1. The number of hydrogen-bond acceptors (Lipinski definition) is 4. The number of carbonyl (C=O) groups excluding carboxylic acids is 1. The van der Waals surface area contributed by atoms with E-state index in [0.29, 0.717) is 51.0 Å². The first-order valence-electron chi connectivity index (χ1n) is 14.3. The van der Waals surface area contributed by atoms with E-state index in [1.54, 1.807) is 12.4 Å². The molecule has 1 fully saturated rings. The zero-order valence-electron chi connectivity index (χ0n) is 25.0. The summed E-state index contributed by atoms with van der Waals surface area (Å²) in [5.41, 5.74) is 4.64. The molecule has 256 valence electrons. The Labute approximate surface area is 287 Å². The van der Waals surface area contributed by atoms with Gasteiger partial charge in [0, 0.05) is 49.7 Å². The topological polar surface area (TPSA) is 62.5 Å². The molecule has 3 aromatic carbocycles. The predicted molar refractivity (Wildman–Crippen MR) is 178 cm³/mol. The third-order valence-corrected chi connectivity index (χ3v) is 7.98. The molecular formula is C33H35Cl3F6N4O. The molecule has 1 saturated heterocycles. The van der Waals surface area contributed by atoms with Crippen LogP contribution < -0.4 is 5.73 Å². The standard InChI is InChI=1S/C33H32F6N4O.3ClH/c34-32(35,36)27-17-26(18-28(19-27)33(37,38)39)31(44)43-13-12-42(11-9-29(40)15-23-4-3-10-41-20-23)21-30(43)16-22-7-8-24-5-1-2-6-25(24)14-22;;;/h1-8,10,14,17-20,29-30H,9,11-13,15-16,21,40H2;3*1H/t29?,30-;;;/m1.../s1. The molecule has 0 aliphatic carbocycles. The molecule has 4 aromatic rings. The number of piperazine rings is 1. The highest BCUT2D eigenvalue weighted by molar-refractivity contribution is 5.95. The van der Waals surface area contributed by atoms with Crippen molar-refractivity contribution in [2.24, 2.45) is 5.73 Å². The fourth-order valence-electron chi connectivity index (χ4n) is 5.72. The van der Waals surface area contributed by atoms with Gasteiger partial charge in [-0.15, -0.1) is 37.2 Å². The van der Waals surface area contributed by atoms with Gasteiger partial charge in [-0.2, -0.15) is 26.3 Å². The van der Waals surface area contributed by atoms with Crippen molar-refractivity contribution >= 4 is 53.9 Å². The van der Waals surface area contributed by atoms with Crippen LogP contribution in [0.25, 0.3) is 10.8 Å². The van der Waals surface area contributed by atoms with Crippen LogP contribution in [0.15, 0.2) is 85.2 Å². The third-order valence-electron chi connectivity index (χ3n) is 7.98. The summed E-state index contributed by atoms with van der Waals surface area (Å²) in [6, 6.07) is 17.9. The van der Waals surface area contributed by atoms with Gasteiger partial charge in [-0.3, -0.25) is 14.7 Å². The van der Waals surface area contributed by atoms with E-state index in [0.717, 1.165) is 21.9 Å². The summed E-state index contributed by atoms with van der Waals surface area (Å²) in [5, 5.41) is 2.02. The fourth-order valence-corrected chi connectivity index (χ4v) is 5.72. The molecule has 1 amide bonds. The molecule has 1 aromatic heterocycles. The fraction of sp³-hybridized carbons (Fsp3) is 0.333. The Kier molecular flexibility index (Phi) is 14.4. The summed E-state index contributed by atoms with van der Waals surface area (Å²) in [6.45, 7) is 1.57. The van der Waals surface area contributed by atoms with E-state index in [4.69, 9.17) is 5.73 Å². The quantitative estimate of drug-likeness (QED) is 0.188.